The van der Waals surface area contributed by atoms with Gasteiger partial charge in [0.15, 0.2) is 0 Å². The van der Waals surface area contributed by atoms with Crippen molar-refractivity contribution < 1.29 is 46.0 Å². The van der Waals surface area contributed by atoms with Gasteiger partial charge in [-0.15, -0.1) is 0 Å². The molecule has 0 amide bonds. The molecule has 0 spiro atoms. The van der Waals surface area contributed by atoms with E-state index in [1.165, 1.54) is 18.2 Å². The maximum Gasteiger partial charge on any atom is 0.313 e. The lowest BCUT2D eigenvalue weighted by Crippen LogP contribution is -2.09. The number of hydrogen-bond donors (Lipinski definition) is 0. The van der Waals surface area contributed by atoms with E-state index in [-0.39, 0.29) is 16.7 Å². The molecule has 0 saturated heterocycles. The Morgan fingerprint density at radius 3 is 0.833 bits per heavy atom. The van der Waals surface area contributed by atoms with Gasteiger partial charge >= 0.3 is 30.4 Å². The molecule has 9 nitrogen and oxygen atoms in total. The van der Waals surface area contributed by atoms with Gasteiger partial charge in [0.2, 0.25) is 0 Å². The smallest absolute Gasteiger partial charge is 0.222 e. The van der Waals surface area contributed by atoms with Crippen LogP contribution < -0.4 is 0 Å². The Morgan fingerprint density at radius 1 is 0.476 bits per heavy atom. The first kappa shape index (κ1) is 39.4. The molecule has 42 heavy (non-hydrogen) atoms. The van der Waals surface area contributed by atoms with Gasteiger partial charge in [0.05, 0.1) is 0 Å². The number of halogens is 6. The predicted octanol–water partition coefficient (Wildman–Crippen LogP) is 7.98. The molecule has 0 aliphatic rings. The summed E-state index contributed by atoms with van der Waals surface area (Å²) < 4.78 is 119. The summed E-state index contributed by atoms with van der Waals surface area (Å²) in [5.41, 5.74) is -4.29. The Morgan fingerprint density at radius 2 is 0.667 bits per heavy atom. The number of alkyl halides is 3. The highest BCUT2D eigenvalue weighted by atomic mass is 127. The highest BCUT2D eigenvalue weighted by molar-refractivity contribution is 14.1. The molecule has 0 radical (unpaired) electrons. The van der Waals surface area contributed by atoms with Crippen LogP contribution in [0.25, 0.3) is 0 Å². The van der Waals surface area contributed by atoms with E-state index < -0.39 is 46.9 Å². The fourth-order valence-corrected chi connectivity index (χ4v) is 6.65. The van der Waals surface area contributed by atoms with Crippen LogP contribution in [0.5, 0.6) is 0 Å². The SMILES string of the molecule is Cc1ccccc1C(F)S(=O)(=O)OI.Cc1ccccc1C(F)S(=O)(=O)OI.Cc1ccccc1C(F)S(=O)(=O)OI. The van der Waals surface area contributed by atoms with Gasteiger partial charge in [-0.1, -0.05) is 72.8 Å². The van der Waals surface area contributed by atoms with Crippen molar-refractivity contribution in [1.29, 1.82) is 0 Å². The zero-order valence-corrected chi connectivity index (χ0v) is 30.7. The van der Waals surface area contributed by atoms with E-state index in [0.717, 1.165) is 69.0 Å². The van der Waals surface area contributed by atoms with Crippen molar-refractivity contribution in [3.63, 3.8) is 0 Å². The van der Waals surface area contributed by atoms with Crippen LogP contribution in [0.3, 0.4) is 0 Å². The molecule has 0 heterocycles. The average molecular weight is 990 g/mol. The molecule has 3 aromatic carbocycles. The van der Waals surface area contributed by atoms with Crippen molar-refractivity contribution >= 4 is 99.4 Å². The topological polar surface area (TPSA) is 130 Å². The fourth-order valence-electron chi connectivity index (χ4n) is 3.09. The molecule has 3 atom stereocenters. The van der Waals surface area contributed by atoms with Gasteiger partial charge in [-0.25, -0.2) is 13.2 Å². The van der Waals surface area contributed by atoms with E-state index in [2.05, 4.69) is 7.54 Å². The first-order valence-corrected chi connectivity index (χ1v) is 18.2. The van der Waals surface area contributed by atoms with Crippen LogP contribution in [0.15, 0.2) is 72.8 Å². The molecule has 0 bridgehead atoms. The first-order chi connectivity index (χ1) is 19.5. The molecule has 18 heteroatoms. The predicted molar refractivity (Wildman–Crippen MR) is 177 cm³/mol. The number of benzene rings is 3. The van der Waals surface area contributed by atoms with Crippen molar-refractivity contribution in [2.45, 2.75) is 37.3 Å². The molecular weight excluding hydrogens is 966 g/mol. The normalized spacial score (nSPS) is 13.9. The molecule has 3 aromatic rings. The maximum atomic E-state index is 13.5. The van der Waals surface area contributed by atoms with Crippen molar-refractivity contribution in [2.24, 2.45) is 0 Å². The van der Waals surface area contributed by atoms with E-state index in [9.17, 15) is 38.4 Å². The lowest BCUT2D eigenvalue weighted by molar-refractivity contribution is 0.402. The minimum absolute atomic E-state index is 0.115. The van der Waals surface area contributed by atoms with Crippen LogP contribution >= 0.6 is 69.0 Å². The minimum Gasteiger partial charge on any atom is -0.222 e. The lowest BCUT2D eigenvalue weighted by atomic mass is 10.1. The van der Waals surface area contributed by atoms with E-state index >= 15 is 0 Å². The van der Waals surface area contributed by atoms with Gasteiger partial charge in [0.1, 0.15) is 69.0 Å². The highest BCUT2D eigenvalue weighted by Gasteiger charge is 2.30. The molecule has 0 fully saturated rings. The Hall–Kier alpha value is -0.630. The molecule has 0 aromatic heterocycles. The van der Waals surface area contributed by atoms with Gasteiger partial charge in [-0.05, 0) is 37.5 Å². The van der Waals surface area contributed by atoms with Crippen LogP contribution in [0.2, 0.25) is 0 Å². The second kappa shape index (κ2) is 17.8. The maximum absolute atomic E-state index is 13.5. The summed E-state index contributed by atoms with van der Waals surface area (Å²) in [5.74, 6) is 0. The standard InChI is InChI=1S/3C8H8FIO3S/c3*1-6-4-2-3-5-7(6)8(9)14(11,12)13-10/h3*2-5,8H,1H3. The highest BCUT2D eigenvalue weighted by Crippen LogP contribution is 2.30. The third kappa shape index (κ3) is 11.4. The third-order valence-corrected chi connectivity index (χ3v) is 12.6. The van der Waals surface area contributed by atoms with Gasteiger partial charge in [-0.2, -0.15) is 32.8 Å². The third-order valence-electron chi connectivity index (χ3n) is 5.32. The number of rotatable bonds is 9. The molecule has 0 aliphatic heterocycles. The van der Waals surface area contributed by atoms with E-state index in [1.807, 2.05) is 0 Å². The average Bonchev–Trinajstić information content (AvgIpc) is 2.97. The molecule has 3 unspecified atom stereocenters. The second-order valence-electron chi connectivity index (χ2n) is 8.19. The summed E-state index contributed by atoms with van der Waals surface area (Å²) in [5, 5.41) is 0. The minimum atomic E-state index is -4.15. The summed E-state index contributed by atoms with van der Waals surface area (Å²) in [6.07, 6.45) is 0. The van der Waals surface area contributed by atoms with E-state index in [4.69, 9.17) is 0 Å². The zero-order chi connectivity index (χ0) is 32.3. The summed E-state index contributed by atoms with van der Waals surface area (Å²) in [6, 6.07) is 19.1. The summed E-state index contributed by atoms with van der Waals surface area (Å²) in [7, 11) is -12.5. The van der Waals surface area contributed by atoms with E-state index in [1.54, 1.807) is 75.4 Å². The Bertz CT molecular complexity index is 1450. The number of aryl methyl sites for hydroxylation is 3. The molecule has 234 valence electrons. The summed E-state index contributed by atoms with van der Waals surface area (Å²) in [6.45, 7) is 4.93. The van der Waals surface area contributed by atoms with Crippen molar-refractivity contribution in [3.8, 4) is 0 Å². The monoisotopic (exact) mass is 990 g/mol. The van der Waals surface area contributed by atoms with Gasteiger partial charge in [0, 0.05) is 16.7 Å². The number of hydrogen-bond acceptors (Lipinski definition) is 9. The Balaban J connectivity index is 0.000000315. The van der Waals surface area contributed by atoms with Crippen molar-refractivity contribution in [1.82, 2.24) is 0 Å². The van der Waals surface area contributed by atoms with Crippen LogP contribution in [-0.4, -0.2) is 25.3 Å². The van der Waals surface area contributed by atoms with Crippen LogP contribution in [0, 0.1) is 20.8 Å². The van der Waals surface area contributed by atoms with Crippen LogP contribution in [0.1, 0.15) is 49.9 Å². The fraction of sp³-hybridized carbons (Fsp3) is 0.250. The zero-order valence-electron chi connectivity index (χ0n) is 21.8. The van der Waals surface area contributed by atoms with Gasteiger partial charge in [-0.3, -0.25) is 0 Å². The molecule has 0 N–H and O–H groups in total. The molecule has 0 saturated carbocycles. The van der Waals surface area contributed by atoms with Crippen molar-refractivity contribution in [2.75, 3.05) is 0 Å². The lowest BCUT2D eigenvalue weighted by Gasteiger charge is -2.09. The quantitative estimate of drug-likeness (QED) is 0.196. The molecule has 0 aliphatic carbocycles. The second-order valence-corrected chi connectivity index (χ2v) is 16.0. The van der Waals surface area contributed by atoms with Crippen LogP contribution in [-0.2, 0) is 37.9 Å². The van der Waals surface area contributed by atoms with Crippen LogP contribution in [0.4, 0.5) is 13.2 Å². The van der Waals surface area contributed by atoms with Crippen molar-refractivity contribution in [3.05, 3.63) is 106 Å². The molecular formula is C24H24F3I3O9S3. The Labute approximate surface area is 286 Å². The van der Waals surface area contributed by atoms with E-state index in [0.29, 0.717) is 16.7 Å². The van der Waals surface area contributed by atoms with Gasteiger partial charge in [0.25, 0.3) is 16.5 Å². The summed E-state index contributed by atoms with van der Waals surface area (Å²) >= 11 is 3.47. The summed E-state index contributed by atoms with van der Waals surface area (Å²) in [4.78, 5) is 0. The first-order valence-electron chi connectivity index (χ1n) is 11.2. The Kier molecular flexibility index (Phi) is 16.7. The largest absolute Gasteiger partial charge is 0.313 e. The van der Waals surface area contributed by atoms with Gasteiger partial charge < -0.3 is 0 Å². The molecule has 3 rings (SSSR count).